The molecule has 0 aromatic heterocycles. The number of rotatable bonds is 4. The van der Waals surface area contributed by atoms with Gasteiger partial charge in [-0.1, -0.05) is 12.1 Å². The van der Waals surface area contributed by atoms with Crippen LogP contribution in [0, 0.1) is 11.3 Å². The van der Waals surface area contributed by atoms with Gasteiger partial charge in [0, 0.05) is 12.8 Å². The summed E-state index contributed by atoms with van der Waals surface area (Å²) in [5.74, 6) is -1.25. The van der Waals surface area contributed by atoms with Crippen molar-refractivity contribution in [2.75, 3.05) is 7.11 Å². The number of nitriles is 1. The van der Waals surface area contributed by atoms with E-state index in [9.17, 15) is 14.6 Å². The fourth-order valence-electron chi connectivity index (χ4n) is 2.27. The maximum atomic E-state index is 11.7. The molecule has 1 aromatic carbocycles. The first-order chi connectivity index (χ1) is 10.6. The first-order valence-electron chi connectivity index (χ1n) is 6.78. The SMILES string of the molecule is COC(=O)c1cccc2c1OB(O)[C@@H](NC(=O)CCC#N)C2. The molecule has 0 unspecified atom stereocenters. The molecule has 0 spiro atoms. The molecule has 0 fully saturated rings. The average Bonchev–Trinajstić information content (AvgIpc) is 2.52. The number of fused-ring (bicyclic) bond motifs is 1. The van der Waals surface area contributed by atoms with Crippen LogP contribution >= 0.6 is 0 Å². The molecule has 2 N–H and O–H groups in total. The maximum absolute atomic E-state index is 11.7. The van der Waals surface area contributed by atoms with E-state index in [2.05, 4.69) is 10.1 Å². The first-order valence-corrected chi connectivity index (χ1v) is 6.78. The van der Waals surface area contributed by atoms with E-state index in [4.69, 9.17) is 9.92 Å². The maximum Gasteiger partial charge on any atom is 0.547 e. The highest BCUT2D eigenvalue weighted by Crippen LogP contribution is 2.30. The molecule has 0 aliphatic carbocycles. The van der Waals surface area contributed by atoms with Gasteiger partial charge < -0.3 is 19.7 Å². The van der Waals surface area contributed by atoms with E-state index in [1.807, 2.05) is 6.07 Å². The molecular formula is C14H15BN2O5. The number of hydrogen-bond donors (Lipinski definition) is 2. The van der Waals surface area contributed by atoms with Crippen molar-refractivity contribution in [2.45, 2.75) is 25.2 Å². The van der Waals surface area contributed by atoms with Crippen molar-refractivity contribution in [3.05, 3.63) is 29.3 Å². The molecule has 114 valence electrons. The minimum atomic E-state index is -1.27. The third kappa shape index (κ3) is 3.38. The molecule has 22 heavy (non-hydrogen) atoms. The summed E-state index contributed by atoms with van der Waals surface area (Å²) in [6.07, 6.45) is 0.493. The van der Waals surface area contributed by atoms with Crippen LogP contribution in [0.25, 0.3) is 0 Å². The number of benzene rings is 1. The van der Waals surface area contributed by atoms with Gasteiger partial charge >= 0.3 is 13.1 Å². The van der Waals surface area contributed by atoms with Crippen molar-refractivity contribution >= 4 is 19.0 Å². The highest BCUT2D eigenvalue weighted by Gasteiger charge is 2.37. The van der Waals surface area contributed by atoms with Crippen LogP contribution in [0.15, 0.2) is 18.2 Å². The number of ether oxygens (including phenoxy) is 1. The van der Waals surface area contributed by atoms with Crippen LogP contribution in [0.4, 0.5) is 0 Å². The largest absolute Gasteiger partial charge is 0.547 e. The summed E-state index contributed by atoms with van der Waals surface area (Å²) in [5, 5.41) is 21.1. The molecule has 1 atom stereocenters. The van der Waals surface area contributed by atoms with Gasteiger partial charge in [0.1, 0.15) is 11.3 Å². The Morgan fingerprint density at radius 2 is 2.36 bits per heavy atom. The average molecular weight is 302 g/mol. The third-order valence-corrected chi connectivity index (χ3v) is 3.33. The minimum absolute atomic E-state index is 0.0643. The van der Waals surface area contributed by atoms with E-state index < -0.39 is 19.0 Å². The van der Waals surface area contributed by atoms with Gasteiger partial charge in [0.15, 0.2) is 0 Å². The van der Waals surface area contributed by atoms with Gasteiger partial charge in [0.25, 0.3) is 0 Å². The number of para-hydroxylation sites is 1. The Morgan fingerprint density at radius 3 is 3.05 bits per heavy atom. The second-order valence-corrected chi connectivity index (χ2v) is 4.83. The lowest BCUT2D eigenvalue weighted by molar-refractivity contribution is -0.121. The van der Waals surface area contributed by atoms with E-state index in [0.29, 0.717) is 12.0 Å². The Morgan fingerprint density at radius 1 is 1.59 bits per heavy atom. The zero-order chi connectivity index (χ0) is 16.1. The van der Waals surface area contributed by atoms with Gasteiger partial charge in [-0.15, -0.1) is 0 Å². The van der Waals surface area contributed by atoms with E-state index >= 15 is 0 Å². The molecule has 1 aromatic rings. The fourth-order valence-corrected chi connectivity index (χ4v) is 2.27. The van der Waals surface area contributed by atoms with Crippen LogP contribution in [-0.4, -0.2) is 37.1 Å². The molecule has 1 aliphatic heterocycles. The Hall–Kier alpha value is -2.53. The fraction of sp³-hybridized carbons (Fsp3) is 0.357. The summed E-state index contributed by atoms with van der Waals surface area (Å²) in [6, 6.07) is 6.86. The van der Waals surface area contributed by atoms with Gasteiger partial charge in [0.05, 0.1) is 19.1 Å². The van der Waals surface area contributed by atoms with Gasteiger partial charge in [-0.3, -0.25) is 4.79 Å². The van der Waals surface area contributed by atoms with E-state index in [-0.39, 0.29) is 30.1 Å². The first kappa shape index (κ1) is 15.9. The molecule has 0 saturated carbocycles. The van der Waals surface area contributed by atoms with Crippen molar-refractivity contribution in [3.63, 3.8) is 0 Å². The lowest BCUT2D eigenvalue weighted by atomic mass is 9.72. The van der Waals surface area contributed by atoms with Gasteiger partial charge in [0.2, 0.25) is 5.91 Å². The number of hydrogen-bond acceptors (Lipinski definition) is 6. The van der Waals surface area contributed by atoms with Crippen LogP contribution in [0.1, 0.15) is 28.8 Å². The number of methoxy groups -OCH3 is 1. The van der Waals surface area contributed by atoms with Crippen LogP contribution < -0.4 is 9.97 Å². The zero-order valence-corrected chi connectivity index (χ0v) is 12.0. The van der Waals surface area contributed by atoms with Gasteiger partial charge in [-0.2, -0.15) is 5.26 Å². The van der Waals surface area contributed by atoms with Gasteiger partial charge in [-0.25, -0.2) is 4.79 Å². The number of carbonyl (C=O) groups is 2. The smallest absolute Gasteiger partial charge is 0.534 e. The monoisotopic (exact) mass is 302 g/mol. The molecule has 0 bridgehead atoms. The highest BCUT2D eigenvalue weighted by atomic mass is 16.5. The van der Waals surface area contributed by atoms with E-state index in [1.54, 1.807) is 18.2 Å². The quantitative estimate of drug-likeness (QED) is 0.608. The number of amides is 1. The second kappa shape index (κ2) is 6.96. The summed E-state index contributed by atoms with van der Waals surface area (Å²) in [7, 11) is -0.0107. The van der Waals surface area contributed by atoms with Crippen molar-refractivity contribution in [3.8, 4) is 11.8 Å². The van der Waals surface area contributed by atoms with Crippen LogP contribution in [0.3, 0.4) is 0 Å². The van der Waals surface area contributed by atoms with Crippen molar-refractivity contribution in [1.29, 1.82) is 5.26 Å². The summed E-state index contributed by atoms with van der Waals surface area (Å²) in [5.41, 5.74) is 0.923. The summed E-state index contributed by atoms with van der Waals surface area (Å²) in [4.78, 5) is 23.3. The Labute approximate surface area is 128 Å². The molecule has 0 saturated heterocycles. The number of esters is 1. The standard InChI is InChI=1S/C14H15BN2O5/c1-21-14(19)10-5-2-4-9-8-11(15(20)22-13(9)10)17-12(18)6-3-7-16/h2,4-5,11,20H,3,6,8H2,1H3,(H,17,18)/t11-/m0/s1. The lowest BCUT2D eigenvalue weighted by Crippen LogP contribution is -2.53. The van der Waals surface area contributed by atoms with Crippen LogP contribution in [0.2, 0.25) is 0 Å². The third-order valence-electron chi connectivity index (χ3n) is 3.33. The van der Waals surface area contributed by atoms with Gasteiger partial charge in [-0.05, 0) is 18.1 Å². The summed E-state index contributed by atoms with van der Waals surface area (Å²) < 4.78 is 10.1. The summed E-state index contributed by atoms with van der Waals surface area (Å²) >= 11 is 0. The second-order valence-electron chi connectivity index (χ2n) is 4.83. The number of nitrogens with zero attached hydrogens (tertiary/aromatic N) is 1. The van der Waals surface area contributed by atoms with Crippen molar-refractivity contribution in [2.24, 2.45) is 0 Å². The van der Waals surface area contributed by atoms with Crippen LogP contribution in [0.5, 0.6) is 5.75 Å². The predicted molar refractivity (Wildman–Crippen MR) is 76.9 cm³/mol. The molecule has 1 aliphatic rings. The molecule has 0 radical (unpaired) electrons. The molecule has 1 amide bonds. The highest BCUT2D eigenvalue weighted by molar-refractivity contribution is 6.47. The lowest BCUT2D eigenvalue weighted by Gasteiger charge is -2.29. The van der Waals surface area contributed by atoms with Crippen molar-refractivity contribution < 1.29 is 24.0 Å². The summed E-state index contributed by atoms with van der Waals surface area (Å²) in [6.45, 7) is 0. The molecule has 8 heteroatoms. The molecule has 2 rings (SSSR count). The normalized spacial score (nSPS) is 16.0. The Bertz CT molecular complexity index is 628. The van der Waals surface area contributed by atoms with E-state index in [0.717, 1.165) is 0 Å². The predicted octanol–water partition coefficient (Wildman–Crippen LogP) is 0.216. The molecule has 1 heterocycles. The molecule has 7 nitrogen and oxygen atoms in total. The zero-order valence-electron chi connectivity index (χ0n) is 12.0. The Balaban J connectivity index is 2.15. The van der Waals surface area contributed by atoms with Crippen molar-refractivity contribution in [1.82, 2.24) is 5.32 Å². The number of carbonyl (C=O) groups excluding carboxylic acids is 2. The topological polar surface area (TPSA) is 109 Å². The number of nitrogens with one attached hydrogen (secondary N) is 1. The minimum Gasteiger partial charge on any atom is -0.534 e. The Kier molecular flexibility index (Phi) is 5.01. The van der Waals surface area contributed by atoms with Crippen LogP contribution in [-0.2, 0) is 16.0 Å². The molecular weight excluding hydrogens is 287 g/mol. The van der Waals surface area contributed by atoms with E-state index in [1.165, 1.54) is 7.11 Å².